The number of hydrogen-bond donors (Lipinski definition) is 1. The van der Waals surface area contributed by atoms with Gasteiger partial charge in [-0.1, -0.05) is 0 Å². The van der Waals surface area contributed by atoms with E-state index in [-0.39, 0.29) is 0 Å². The van der Waals surface area contributed by atoms with Crippen LogP contribution in [0.15, 0.2) is 6.07 Å². The van der Waals surface area contributed by atoms with Crippen LogP contribution in [0.2, 0.25) is 0 Å². The van der Waals surface area contributed by atoms with Gasteiger partial charge in [-0.2, -0.15) is 0 Å². The number of nitrogens with zero attached hydrogens (tertiary/aromatic N) is 1. The Kier molecular flexibility index (Phi) is 4.55. The quantitative estimate of drug-likeness (QED) is 0.760. The molecule has 0 atom stereocenters. The van der Waals surface area contributed by atoms with E-state index in [4.69, 9.17) is 4.74 Å². The Bertz CT molecular complexity index is 406. The molecule has 0 saturated carbocycles. The largest absolute Gasteiger partial charge is 0.370 e. The molecule has 0 unspecified atom stereocenters. The van der Waals surface area contributed by atoms with Crippen molar-refractivity contribution < 1.29 is 14.4 Å². The molecule has 1 aliphatic heterocycles. The Hall–Kier alpha value is -1.13. The molecule has 2 rings (SSSR count). The fourth-order valence-corrected chi connectivity index (χ4v) is 2.69. The van der Waals surface area contributed by atoms with Gasteiger partial charge in [-0.3, -0.25) is 4.79 Å². The standard InChI is InChI=1S/C14H22N2O2/c1-12-10-14(11-17)13(2)16(12)5-3-4-15-6-8-18-9-7-15/h10-11H,3-9H2,1-2H3/p+1. The molecule has 1 saturated heterocycles. The maximum atomic E-state index is 10.9. The highest BCUT2D eigenvalue weighted by molar-refractivity contribution is 5.77. The topological polar surface area (TPSA) is 35.7 Å². The number of aryl methyl sites for hydroxylation is 1. The van der Waals surface area contributed by atoms with Crippen molar-refractivity contribution in [2.75, 3.05) is 32.8 Å². The molecule has 0 bridgehead atoms. The SMILES string of the molecule is Cc1cc(C=O)c(C)n1CCC[NH+]1CCOCC1. The van der Waals surface area contributed by atoms with Crippen LogP contribution in [0, 0.1) is 13.8 Å². The predicted octanol–water partition coefficient (Wildman–Crippen LogP) is 0.223. The summed E-state index contributed by atoms with van der Waals surface area (Å²) in [6, 6.07) is 1.98. The van der Waals surface area contributed by atoms with Crippen LogP contribution >= 0.6 is 0 Å². The fourth-order valence-electron chi connectivity index (χ4n) is 2.69. The third-order valence-electron chi connectivity index (χ3n) is 3.85. The number of carbonyl (C=O) groups is 1. The summed E-state index contributed by atoms with van der Waals surface area (Å²) in [7, 11) is 0. The summed E-state index contributed by atoms with van der Waals surface area (Å²) in [6.07, 6.45) is 2.11. The molecule has 1 aliphatic rings. The van der Waals surface area contributed by atoms with Crippen molar-refractivity contribution in [2.45, 2.75) is 26.8 Å². The number of hydrogen-bond acceptors (Lipinski definition) is 2. The van der Waals surface area contributed by atoms with E-state index in [1.54, 1.807) is 4.90 Å². The first-order valence-electron chi connectivity index (χ1n) is 6.75. The maximum Gasteiger partial charge on any atom is 0.151 e. The second-order valence-electron chi connectivity index (χ2n) is 5.06. The molecule has 1 aromatic rings. The molecule has 1 N–H and O–H groups in total. The lowest BCUT2D eigenvalue weighted by Gasteiger charge is -2.24. The van der Waals surface area contributed by atoms with Crippen molar-refractivity contribution >= 4 is 6.29 Å². The molecule has 4 nitrogen and oxygen atoms in total. The van der Waals surface area contributed by atoms with Crippen LogP contribution in [0.3, 0.4) is 0 Å². The number of ether oxygens (including phenoxy) is 1. The minimum absolute atomic E-state index is 0.825. The third-order valence-corrected chi connectivity index (χ3v) is 3.85. The van der Waals surface area contributed by atoms with Gasteiger partial charge >= 0.3 is 0 Å². The van der Waals surface area contributed by atoms with Crippen molar-refractivity contribution in [3.05, 3.63) is 23.0 Å². The van der Waals surface area contributed by atoms with E-state index in [0.717, 1.165) is 56.8 Å². The second kappa shape index (κ2) is 6.16. The first-order valence-corrected chi connectivity index (χ1v) is 6.75. The highest BCUT2D eigenvalue weighted by atomic mass is 16.5. The Morgan fingerprint density at radius 3 is 2.72 bits per heavy atom. The van der Waals surface area contributed by atoms with E-state index >= 15 is 0 Å². The summed E-state index contributed by atoms with van der Waals surface area (Å²) in [5.41, 5.74) is 3.11. The van der Waals surface area contributed by atoms with Gasteiger partial charge in [0.25, 0.3) is 0 Å². The van der Waals surface area contributed by atoms with E-state index in [1.165, 1.54) is 12.2 Å². The average Bonchev–Trinajstić information content (AvgIpc) is 2.67. The van der Waals surface area contributed by atoms with Gasteiger partial charge in [-0.05, 0) is 19.9 Å². The fraction of sp³-hybridized carbons (Fsp3) is 0.643. The molecule has 2 heterocycles. The van der Waals surface area contributed by atoms with E-state index in [0.29, 0.717) is 0 Å². The molecule has 0 radical (unpaired) electrons. The summed E-state index contributed by atoms with van der Waals surface area (Å²) >= 11 is 0. The van der Waals surface area contributed by atoms with Crippen molar-refractivity contribution in [3.8, 4) is 0 Å². The van der Waals surface area contributed by atoms with Crippen molar-refractivity contribution in [2.24, 2.45) is 0 Å². The van der Waals surface area contributed by atoms with Gasteiger partial charge in [0, 0.05) is 29.9 Å². The van der Waals surface area contributed by atoms with Crippen LogP contribution in [-0.4, -0.2) is 43.7 Å². The molecule has 0 aromatic carbocycles. The maximum absolute atomic E-state index is 10.9. The summed E-state index contributed by atoms with van der Waals surface area (Å²) in [4.78, 5) is 12.5. The molecule has 18 heavy (non-hydrogen) atoms. The molecular formula is C14H23N2O2+. The van der Waals surface area contributed by atoms with Gasteiger partial charge in [0.15, 0.2) is 6.29 Å². The summed E-state index contributed by atoms with van der Waals surface area (Å²) < 4.78 is 7.61. The van der Waals surface area contributed by atoms with Crippen molar-refractivity contribution in [1.82, 2.24) is 4.57 Å². The number of quaternary nitrogens is 1. The summed E-state index contributed by atoms with van der Waals surface area (Å²) in [6.45, 7) is 10.3. The monoisotopic (exact) mass is 251 g/mol. The molecule has 0 amide bonds. The number of aromatic nitrogens is 1. The number of morpholine rings is 1. The van der Waals surface area contributed by atoms with Crippen LogP contribution in [0.5, 0.6) is 0 Å². The molecule has 4 heteroatoms. The summed E-state index contributed by atoms with van der Waals surface area (Å²) in [5, 5.41) is 0. The molecule has 0 aliphatic carbocycles. The van der Waals surface area contributed by atoms with Crippen LogP contribution in [0.4, 0.5) is 0 Å². The van der Waals surface area contributed by atoms with Crippen LogP contribution in [0.25, 0.3) is 0 Å². The molecular weight excluding hydrogens is 228 g/mol. The molecule has 0 spiro atoms. The van der Waals surface area contributed by atoms with E-state index in [1.807, 2.05) is 13.0 Å². The van der Waals surface area contributed by atoms with Gasteiger partial charge in [0.1, 0.15) is 13.1 Å². The van der Waals surface area contributed by atoms with Crippen molar-refractivity contribution in [3.63, 3.8) is 0 Å². The normalized spacial score (nSPS) is 17.0. The first kappa shape index (κ1) is 13.3. The van der Waals surface area contributed by atoms with Crippen LogP contribution in [-0.2, 0) is 11.3 Å². The number of carbonyl (C=O) groups excluding carboxylic acids is 1. The first-order chi connectivity index (χ1) is 8.72. The lowest BCUT2D eigenvalue weighted by molar-refractivity contribution is -0.908. The van der Waals surface area contributed by atoms with Gasteiger partial charge in [-0.25, -0.2) is 0 Å². The minimum Gasteiger partial charge on any atom is -0.370 e. The Balaban J connectivity index is 1.86. The Morgan fingerprint density at radius 1 is 1.39 bits per heavy atom. The lowest BCUT2D eigenvalue weighted by Crippen LogP contribution is -3.14. The van der Waals surface area contributed by atoms with E-state index in [2.05, 4.69) is 11.5 Å². The molecule has 1 aromatic heterocycles. The zero-order valence-electron chi connectivity index (χ0n) is 11.4. The molecule has 1 fully saturated rings. The molecule has 100 valence electrons. The van der Waals surface area contributed by atoms with Gasteiger partial charge in [0.05, 0.1) is 19.8 Å². The van der Waals surface area contributed by atoms with Crippen LogP contribution in [0.1, 0.15) is 28.2 Å². The smallest absolute Gasteiger partial charge is 0.151 e. The highest BCUT2D eigenvalue weighted by Gasteiger charge is 2.14. The van der Waals surface area contributed by atoms with Gasteiger partial charge < -0.3 is 14.2 Å². The summed E-state index contributed by atoms with van der Waals surface area (Å²) in [5.74, 6) is 0. The zero-order valence-corrected chi connectivity index (χ0v) is 11.4. The number of nitrogens with one attached hydrogen (secondary N) is 1. The van der Waals surface area contributed by atoms with E-state index in [9.17, 15) is 4.79 Å². The predicted molar refractivity (Wildman–Crippen MR) is 70.3 cm³/mol. The van der Waals surface area contributed by atoms with Gasteiger partial charge in [0.2, 0.25) is 0 Å². The zero-order chi connectivity index (χ0) is 13.0. The van der Waals surface area contributed by atoms with Crippen LogP contribution < -0.4 is 4.90 Å². The highest BCUT2D eigenvalue weighted by Crippen LogP contribution is 2.13. The Morgan fingerprint density at radius 2 is 2.11 bits per heavy atom. The minimum atomic E-state index is 0.825. The van der Waals surface area contributed by atoms with E-state index < -0.39 is 0 Å². The average molecular weight is 251 g/mol. The van der Waals surface area contributed by atoms with Crippen molar-refractivity contribution in [1.29, 1.82) is 0 Å². The second-order valence-corrected chi connectivity index (χ2v) is 5.06. The lowest BCUT2D eigenvalue weighted by atomic mass is 10.3. The number of rotatable bonds is 5. The Labute approximate surface area is 109 Å². The van der Waals surface area contributed by atoms with Gasteiger partial charge in [-0.15, -0.1) is 0 Å². The number of aldehydes is 1. The third kappa shape index (κ3) is 3.00.